The van der Waals surface area contributed by atoms with E-state index in [2.05, 4.69) is 4.72 Å². The number of carboxylic acid groups (broad SMARTS) is 1. The quantitative estimate of drug-likeness (QED) is 0.887. The Labute approximate surface area is 126 Å². The molecule has 1 atom stereocenters. The lowest BCUT2D eigenvalue weighted by atomic mass is 9.99. The molecular weight excluding hydrogens is 321 g/mol. The summed E-state index contributed by atoms with van der Waals surface area (Å²) >= 11 is 5.78. The SMILES string of the molecule is O=C(O)C1=CCCC[C@H]1S(=O)(=O)Nc1ccc(F)cc1Cl. The summed E-state index contributed by atoms with van der Waals surface area (Å²) in [6, 6.07) is 3.25. The van der Waals surface area contributed by atoms with Crippen LogP contribution >= 0.6 is 11.6 Å². The normalized spacial score (nSPS) is 19.0. The van der Waals surface area contributed by atoms with Gasteiger partial charge in [-0.3, -0.25) is 4.72 Å². The van der Waals surface area contributed by atoms with Crippen LogP contribution in [-0.4, -0.2) is 24.7 Å². The van der Waals surface area contributed by atoms with Crippen molar-refractivity contribution >= 4 is 33.3 Å². The molecule has 0 amide bonds. The minimum atomic E-state index is -3.97. The molecule has 0 radical (unpaired) electrons. The maximum absolute atomic E-state index is 13.0. The van der Waals surface area contributed by atoms with E-state index in [4.69, 9.17) is 16.7 Å². The minimum absolute atomic E-state index is 0.0216. The average molecular weight is 334 g/mol. The Hall–Kier alpha value is -1.60. The topological polar surface area (TPSA) is 83.5 Å². The molecule has 1 aliphatic carbocycles. The molecule has 0 heterocycles. The van der Waals surface area contributed by atoms with Gasteiger partial charge in [-0.15, -0.1) is 0 Å². The van der Waals surface area contributed by atoms with Crippen molar-refractivity contribution in [3.63, 3.8) is 0 Å². The third kappa shape index (κ3) is 3.54. The Morgan fingerprint density at radius 2 is 2.14 bits per heavy atom. The molecule has 0 aliphatic heterocycles. The number of hydrogen-bond donors (Lipinski definition) is 2. The highest BCUT2D eigenvalue weighted by Gasteiger charge is 2.34. The number of aliphatic carboxylic acids is 1. The van der Waals surface area contributed by atoms with E-state index in [9.17, 15) is 17.6 Å². The van der Waals surface area contributed by atoms with Crippen molar-refractivity contribution in [1.82, 2.24) is 0 Å². The molecule has 2 N–H and O–H groups in total. The summed E-state index contributed by atoms with van der Waals surface area (Å²) in [7, 11) is -3.97. The van der Waals surface area contributed by atoms with E-state index in [1.165, 1.54) is 12.1 Å². The molecule has 0 bridgehead atoms. The molecule has 8 heteroatoms. The summed E-state index contributed by atoms with van der Waals surface area (Å²) in [6.07, 6.45) is 2.75. The Morgan fingerprint density at radius 1 is 1.43 bits per heavy atom. The largest absolute Gasteiger partial charge is 0.478 e. The molecule has 0 aromatic heterocycles. The number of sulfonamides is 1. The second kappa shape index (κ2) is 6.03. The van der Waals surface area contributed by atoms with Crippen molar-refractivity contribution in [3.05, 3.63) is 40.7 Å². The Kier molecular flexibility index (Phi) is 4.53. The molecule has 114 valence electrons. The van der Waals surface area contributed by atoms with Crippen LogP contribution < -0.4 is 4.72 Å². The van der Waals surface area contributed by atoms with Gasteiger partial charge in [0.2, 0.25) is 10.0 Å². The number of rotatable bonds is 4. The zero-order valence-corrected chi connectivity index (χ0v) is 12.4. The lowest BCUT2D eigenvalue weighted by Gasteiger charge is -2.22. The van der Waals surface area contributed by atoms with Crippen LogP contribution in [0.5, 0.6) is 0 Å². The van der Waals surface area contributed by atoms with Crippen LogP contribution in [0.4, 0.5) is 10.1 Å². The number of nitrogens with one attached hydrogen (secondary N) is 1. The zero-order chi connectivity index (χ0) is 15.6. The molecule has 5 nitrogen and oxygen atoms in total. The van der Waals surface area contributed by atoms with Crippen molar-refractivity contribution in [2.24, 2.45) is 0 Å². The molecule has 21 heavy (non-hydrogen) atoms. The van der Waals surface area contributed by atoms with Crippen LogP contribution in [0.3, 0.4) is 0 Å². The standard InChI is InChI=1S/C13H13ClFNO4S/c14-10-7-8(15)5-6-11(10)16-21(19,20)12-4-2-1-3-9(12)13(17)18/h3,5-7,12,16H,1-2,4H2,(H,17,18)/t12-/m1/s1. The first kappa shape index (κ1) is 15.8. The third-order valence-electron chi connectivity index (χ3n) is 3.19. The molecule has 2 rings (SSSR count). The number of allylic oxidation sites excluding steroid dienone is 1. The van der Waals surface area contributed by atoms with Gasteiger partial charge in [0.1, 0.15) is 11.1 Å². The van der Waals surface area contributed by atoms with Gasteiger partial charge in [-0.25, -0.2) is 17.6 Å². The van der Waals surface area contributed by atoms with E-state index < -0.39 is 27.1 Å². The molecule has 0 spiro atoms. The Balaban J connectivity index is 2.31. The van der Waals surface area contributed by atoms with Crippen LogP contribution in [0.25, 0.3) is 0 Å². The van der Waals surface area contributed by atoms with E-state index in [0.717, 1.165) is 12.1 Å². The lowest BCUT2D eigenvalue weighted by Crippen LogP contribution is -2.34. The van der Waals surface area contributed by atoms with Crippen LogP contribution in [0.15, 0.2) is 29.8 Å². The number of hydrogen-bond acceptors (Lipinski definition) is 3. The van der Waals surface area contributed by atoms with Crippen LogP contribution in [0.2, 0.25) is 5.02 Å². The fourth-order valence-corrected chi connectivity index (χ4v) is 4.10. The summed E-state index contributed by atoms with van der Waals surface area (Å²) in [5.41, 5.74) is -0.125. The molecule has 0 unspecified atom stereocenters. The summed E-state index contributed by atoms with van der Waals surface area (Å²) < 4.78 is 39.9. The van der Waals surface area contributed by atoms with Crippen molar-refractivity contribution in [1.29, 1.82) is 0 Å². The second-order valence-corrected chi connectivity index (χ2v) is 6.93. The maximum atomic E-state index is 13.0. The fraction of sp³-hybridized carbons (Fsp3) is 0.308. The van der Waals surface area contributed by atoms with Gasteiger partial charge >= 0.3 is 5.97 Å². The molecule has 0 fully saturated rings. The lowest BCUT2D eigenvalue weighted by molar-refractivity contribution is -0.132. The highest BCUT2D eigenvalue weighted by molar-refractivity contribution is 7.93. The van der Waals surface area contributed by atoms with Gasteiger partial charge in [0.25, 0.3) is 0 Å². The second-order valence-electron chi connectivity index (χ2n) is 4.66. The van der Waals surface area contributed by atoms with Gasteiger partial charge in [0, 0.05) is 0 Å². The van der Waals surface area contributed by atoms with Crippen LogP contribution in [0, 0.1) is 5.82 Å². The average Bonchev–Trinajstić information content (AvgIpc) is 2.42. The first-order valence-electron chi connectivity index (χ1n) is 6.21. The molecule has 1 aromatic carbocycles. The van der Waals surface area contributed by atoms with Crippen molar-refractivity contribution < 1.29 is 22.7 Å². The number of benzene rings is 1. The van der Waals surface area contributed by atoms with E-state index in [1.807, 2.05) is 0 Å². The van der Waals surface area contributed by atoms with E-state index >= 15 is 0 Å². The van der Waals surface area contributed by atoms with Gasteiger partial charge in [-0.2, -0.15) is 0 Å². The number of halogens is 2. The number of carbonyl (C=O) groups is 1. The summed E-state index contributed by atoms with van der Waals surface area (Å²) in [5, 5.41) is 7.86. The summed E-state index contributed by atoms with van der Waals surface area (Å²) in [6.45, 7) is 0. The molecule has 1 aromatic rings. The summed E-state index contributed by atoms with van der Waals surface area (Å²) in [4.78, 5) is 11.1. The van der Waals surface area contributed by atoms with Gasteiger partial charge in [0.05, 0.1) is 16.3 Å². The highest BCUT2D eigenvalue weighted by atomic mass is 35.5. The smallest absolute Gasteiger partial charge is 0.332 e. The van der Waals surface area contributed by atoms with E-state index in [1.54, 1.807) is 0 Å². The van der Waals surface area contributed by atoms with Crippen molar-refractivity contribution in [2.45, 2.75) is 24.5 Å². The van der Waals surface area contributed by atoms with Gasteiger partial charge in [-0.1, -0.05) is 17.7 Å². The van der Waals surface area contributed by atoms with E-state index in [0.29, 0.717) is 12.8 Å². The van der Waals surface area contributed by atoms with Crippen LogP contribution in [-0.2, 0) is 14.8 Å². The molecule has 1 aliphatic rings. The fourth-order valence-electron chi connectivity index (χ4n) is 2.19. The predicted octanol–water partition coefficient (Wildman–Crippen LogP) is 2.78. The molecular formula is C13H13ClFNO4S. The van der Waals surface area contributed by atoms with Crippen LogP contribution in [0.1, 0.15) is 19.3 Å². The molecule has 0 saturated heterocycles. The highest BCUT2D eigenvalue weighted by Crippen LogP contribution is 2.29. The monoisotopic (exact) mass is 333 g/mol. The van der Waals surface area contributed by atoms with Gasteiger partial charge in [-0.05, 0) is 37.5 Å². The maximum Gasteiger partial charge on any atom is 0.332 e. The summed E-state index contributed by atoms with van der Waals surface area (Å²) in [5.74, 6) is -1.85. The van der Waals surface area contributed by atoms with E-state index in [-0.39, 0.29) is 22.7 Å². The Bertz CT molecular complexity index is 702. The number of anilines is 1. The minimum Gasteiger partial charge on any atom is -0.478 e. The first-order chi connectivity index (χ1) is 9.81. The molecule has 0 saturated carbocycles. The van der Waals surface area contributed by atoms with Crippen molar-refractivity contribution in [3.8, 4) is 0 Å². The third-order valence-corrected chi connectivity index (χ3v) is 5.24. The van der Waals surface area contributed by atoms with Gasteiger partial charge in [0.15, 0.2) is 0 Å². The first-order valence-corrected chi connectivity index (χ1v) is 8.14. The number of carboxylic acids is 1. The Morgan fingerprint density at radius 3 is 2.76 bits per heavy atom. The predicted molar refractivity (Wildman–Crippen MR) is 77.3 cm³/mol. The van der Waals surface area contributed by atoms with Gasteiger partial charge < -0.3 is 5.11 Å². The van der Waals surface area contributed by atoms with Crippen molar-refractivity contribution in [2.75, 3.05) is 4.72 Å². The zero-order valence-electron chi connectivity index (χ0n) is 10.8.